The third kappa shape index (κ3) is 9.33. The van der Waals surface area contributed by atoms with Gasteiger partial charge in [-0.1, -0.05) is 101 Å². The van der Waals surface area contributed by atoms with E-state index in [0.717, 1.165) is 43.7 Å². The van der Waals surface area contributed by atoms with E-state index in [9.17, 15) is 0 Å². The summed E-state index contributed by atoms with van der Waals surface area (Å²) in [7, 11) is 0. The normalized spacial score (nSPS) is 11.0. The van der Waals surface area contributed by atoms with Crippen molar-refractivity contribution in [3.63, 3.8) is 0 Å². The third-order valence-electron chi connectivity index (χ3n) is 6.54. The van der Waals surface area contributed by atoms with E-state index in [4.69, 9.17) is 9.72 Å². The number of unbranched alkanes of at least 4 members (excludes halogenated alkanes) is 7. The smallest absolute Gasteiger partial charge is 0.119 e. The fourth-order valence-electron chi connectivity index (χ4n) is 4.28. The molecule has 0 N–H and O–H groups in total. The second-order valence-electron chi connectivity index (χ2n) is 9.47. The topological polar surface area (TPSA) is 22.1 Å². The van der Waals surface area contributed by atoms with Gasteiger partial charge in [0.05, 0.1) is 12.3 Å². The molecule has 0 atom stereocenters. The molecule has 1 aromatic heterocycles. The van der Waals surface area contributed by atoms with E-state index < -0.39 is 0 Å². The zero-order valence-corrected chi connectivity index (χ0v) is 21.4. The Labute approximate surface area is 207 Å². The van der Waals surface area contributed by atoms with Crippen molar-refractivity contribution in [1.29, 1.82) is 0 Å². The Morgan fingerprint density at radius 1 is 0.559 bits per heavy atom. The summed E-state index contributed by atoms with van der Waals surface area (Å²) in [5.74, 6) is 0.981. The molecule has 2 nitrogen and oxygen atoms in total. The molecule has 3 rings (SSSR count). The second kappa shape index (κ2) is 15.3. The Morgan fingerprint density at radius 2 is 1.15 bits per heavy atom. The Morgan fingerprint density at radius 3 is 1.79 bits per heavy atom. The number of aromatic nitrogens is 1. The molecule has 2 aromatic carbocycles. The molecule has 0 aliphatic heterocycles. The van der Waals surface area contributed by atoms with Crippen LogP contribution in [0.25, 0.3) is 11.3 Å². The molecule has 0 radical (unpaired) electrons. The van der Waals surface area contributed by atoms with E-state index in [0.29, 0.717) is 0 Å². The summed E-state index contributed by atoms with van der Waals surface area (Å²) in [6.45, 7) is 5.30. The monoisotopic (exact) mass is 457 g/mol. The van der Waals surface area contributed by atoms with Crippen LogP contribution in [0.4, 0.5) is 0 Å². The molecular weight excluding hydrogens is 414 g/mol. The lowest BCUT2D eigenvalue weighted by molar-refractivity contribution is 0.306. The Hall–Kier alpha value is -2.61. The fraction of sp³-hybridized carbons (Fsp3) is 0.469. The van der Waals surface area contributed by atoms with Crippen molar-refractivity contribution >= 4 is 0 Å². The summed E-state index contributed by atoms with van der Waals surface area (Å²) in [5.41, 5.74) is 6.33. The van der Waals surface area contributed by atoms with E-state index >= 15 is 0 Å². The molecule has 0 spiro atoms. The van der Waals surface area contributed by atoms with E-state index in [1.165, 1.54) is 73.6 Å². The van der Waals surface area contributed by atoms with Crippen LogP contribution >= 0.6 is 0 Å². The number of hydrogen-bond donors (Lipinski definition) is 0. The molecular formula is C32H43NO. The maximum Gasteiger partial charge on any atom is 0.119 e. The second-order valence-corrected chi connectivity index (χ2v) is 9.47. The Balaban J connectivity index is 1.41. The van der Waals surface area contributed by atoms with Gasteiger partial charge in [-0.25, -0.2) is 0 Å². The predicted molar refractivity (Wildman–Crippen MR) is 146 cm³/mol. The molecule has 0 unspecified atom stereocenters. The number of aryl methyl sites for hydroxylation is 3. The van der Waals surface area contributed by atoms with Crippen LogP contribution in [0.3, 0.4) is 0 Å². The quantitative estimate of drug-likeness (QED) is 0.200. The van der Waals surface area contributed by atoms with Crippen LogP contribution in [-0.2, 0) is 19.3 Å². The first kappa shape index (κ1) is 26.0. The molecule has 1 heterocycles. The summed E-state index contributed by atoms with van der Waals surface area (Å²) >= 11 is 0. The minimum absolute atomic E-state index is 0.816. The van der Waals surface area contributed by atoms with Crippen LogP contribution < -0.4 is 4.74 Å². The van der Waals surface area contributed by atoms with E-state index in [2.05, 4.69) is 80.7 Å². The summed E-state index contributed by atoms with van der Waals surface area (Å²) in [6.07, 6.45) is 16.9. The van der Waals surface area contributed by atoms with Gasteiger partial charge in [-0.3, -0.25) is 4.98 Å². The molecule has 34 heavy (non-hydrogen) atoms. The largest absolute Gasteiger partial charge is 0.494 e. The van der Waals surface area contributed by atoms with Gasteiger partial charge in [-0.2, -0.15) is 0 Å². The summed E-state index contributed by atoms with van der Waals surface area (Å²) in [6, 6.07) is 21.9. The zero-order valence-electron chi connectivity index (χ0n) is 21.4. The molecule has 0 aliphatic carbocycles. The first-order valence-corrected chi connectivity index (χ1v) is 13.5. The number of hydrogen-bond acceptors (Lipinski definition) is 2. The lowest BCUT2D eigenvalue weighted by Crippen LogP contribution is -1.97. The number of pyridine rings is 1. The van der Waals surface area contributed by atoms with Gasteiger partial charge in [0.1, 0.15) is 5.75 Å². The van der Waals surface area contributed by atoms with E-state index in [1.807, 2.05) is 0 Å². The lowest BCUT2D eigenvalue weighted by Gasteiger charge is -2.08. The molecule has 0 aliphatic rings. The molecule has 0 bridgehead atoms. The molecule has 0 saturated heterocycles. The summed E-state index contributed by atoms with van der Waals surface area (Å²) in [5, 5.41) is 0. The highest BCUT2D eigenvalue weighted by molar-refractivity contribution is 5.59. The Kier molecular flexibility index (Phi) is 11.7. The van der Waals surface area contributed by atoms with Crippen molar-refractivity contribution in [2.24, 2.45) is 0 Å². The van der Waals surface area contributed by atoms with Crippen LogP contribution in [0.5, 0.6) is 5.75 Å². The number of nitrogens with zero attached hydrogens (tertiary/aromatic N) is 1. The van der Waals surface area contributed by atoms with Crippen LogP contribution in [0.2, 0.25) is 0 Å². The van der Waals surface area contributed by atoms with Gasteiger partial charge < -0.3 is 4.74 Å². The maximum absolute atomic E-state index is 5.82. The SMILES string of the molecule is CCCCCCCCc1ccc(-c2ccc(CCc3ccc(OCCCCC)cc3)cc2)nc1. The molecule has 3 aromatic rings. The minimum Gasteiger partial charge on any atom is -0.494 e. The molecule has 0 amide bonds. The molecule has 0 fully saturated rings. The maximum atomic E-state index is 5.82. The van der Waals surface area contributed by atoms with Crippen molar-refractivity contribution < 1.29 is 4.74 Å². The van der Waals surface area contributed by atoms with Gasteiger partial charge >= 0.3 is 0 Å². The van der Waals surface area contributed by atoms with Crippen molar-refractivity contribution in [3.05, 3.63) is 83.6 Å². The zero-order chi connectivity index (χ0) is 23.8. The van der Waals surface area contributed by atoms with Crippen LogP contribution in [0, 0.1) is 0 Å². The highest BCUT2D eigenvalue weighted by Crippen LogP contribution is 2.20. The average molecular weight is 458 g/mol. The molecule has 0 saturated carbocycles. The highest BCUT2D eigenvalue weighted by atomic mass is 16.5. The minimum atomic E-state index is 0.816. The van der Waals surface area contributed by atoms with Crippen molar-refractivity contribution in [2.45, 2.75) is 90.9 Å². The van der Waals surface area contributed by atoms with Gasteiger partial charge in [0.25, 0.3) is 0 Å². The van der Waals surface area contributed by atoms with E-state index in [1.54, 1.807) is 0 Å². The Bertz CT molecular complexity index is 913. The fourth-order valence-corrected chi connectivity index (χ4v) is 4.28. The molecule has 2 heteroatoms. The van der Waals surface area contributed by atoms with Gasteiger partial charge in [0, 0.05) is 11.8 Å². The average Bonchev–Trinajstić information content (AvgIpc) is 2.89. The van der Waals surface area contributed by atoms with Gasteiger partial charge in [0.2, 0.25) is 0 Å². The number of benzene rings is 2. The lowest BCUT2D eigenvalue weighted by atomic mass is 10.0. The van der Waals surface area contributed by atoms with Gasteiger partial charge in [-0.15, -0.1) is 0 Å². The number of ether oxygens (including phenoxy) is 1. The third-order valence-corrected chi connectivity index (χ3v) is 6.54. The predicted octanol–water partition coefficient (Wildman–Crippen LogP) is 9.01. The van der Waals surface area contributed by atoms with Crippen LogP contribution in [0.15, 0.2) is 66.9 Å². The van der Waals surface area contributed by atoms with Crippen LogP contribution in [0.1, 0.15) is 88.3 Å². The standard InChI is InChI=1S/C32H43NO/c1-3-5-7-8-9-10-12-29-19-24-32(33-26-29)30-20-15-27(16-21-30)13-14-28-17-22-31(23-18-28)34-25-11-6-4-2/h15-24,26H,3-14,25H2,1-2H3. The summed E-state index contributed by atoms with van der Waals surface area (Å²) < 4.78 is 5.82. The summed E-state index contributed by atoms with van der Waals surface area (Å²) in [4.78, 5) is 4.73. The van der Waals surface area contributed by atoms with Gasteiger partial charge in [0.15, 0.2) is 0 Å². The van der Waals surface area contributed by atoms with Crippen LogP contribution in [-0.4, -0.2) is 11.6 Å². The first-order valence-electron chi connectivity index (χ1n) is 13.5. The highest BCUT2D eigenvalue weighted by Gasteiger charge is 2.03. The van der Waals surface area contributed by atoms with Crippen molar-refractivity contribution in [2.75, 3.05) is 6.61 Å². The number of rotatable bonds is 16. The first-order chi connectivity index (χ1) is 16.8. The van der Waals surface area contributed by atoms with E-state index in [-0.39, 0.29) is 0 Å². The van der Waals surface area contributed by atoms with Crippen molar-refractivity contribution in [1.82, 2.24) is 4.98 Å². The van der Waals surface area contributed by atoms with Gasteiger partial charge in [-0.05, 0) is 67.0 Å². The van der Waals surface area contributed by atoms with Crippen molar-refractivity contribution in [3.8, 4) is 17.0 Å². The molecule has 182 valence electrons.